The highest BCUT2D eigenvalue weighted by Gasteiger charge is 2.15. The highest BCUT2D eigenvalue weighted by molar-refractivity contribution is 7.12. The maximum absolute atomic E-state index is 12.3. The van der Waals surface area contributed by atoms with Crippen LogP contribution in [0.25, 0.3) is 5.00 Å². The number of rotatable bonds is 7. The minimum Gasteiger partial charge on any atom is -0.496 e. The summed E-state index contributed by atoms with van der Waals surface area (Å²) in [5.74, 6) is -0.587. The Labute approximate surface area is 163 Å². The Balaban J connectivity index is 1.65. The third kappa shape index (κ3) is 4.09. The molecule has 0 unspecified atom stereocenters. The van der Waals surface area contributed by atoms with Crippen molar-refractivity contribution in [2.45, 2.75) is 13.1 Å². The lowest BCUT2D eigenvalue weighted by molar-refractivity contribution is -0.122. The van der Waals surface area contributed by atoms with Gasteiger partial charge in [-0.1, -0.05) is 6.07 Å². The second-order valence-corrected chi connectivity index (χ2v) is 6.51. The van der Waals surface area contributed by atoms with Crippen LogP contribution in [0.15, 0.2) is 40.5 Å². The van der Waals surface area contributed by atoms with E-state index in [1.165, 1.54) is 25.6 Å². The maximum atomic E-state index is 12.3. The van der Waals surface area contributed by atoms with Crippen LogP contribution in [-0.4, -0.2) is 45.9 Å². The van der Waals surface area contributed by atoms with E-state index < -0.39 is 17.6 Å². The van der Waals surface area contributed by atoms with Crippen molar-refractivity contribution in [3.8, 4) is 10.8 Å². The molecule has 2 heterocycles. The van der Waals surface area contributed by atoms with Crippen molar-refractivity contribution in [3.05, 3.63) is 57.3 Å². The summed E-state index contributed by atoms with van der Waals surface area (Å²) in [6, 6.07) is 8.42. The van der Waals surface area contributed by atoms with Gasteiger partial charge in [-0.05, 0) is 45.6 Å². The van der Waals surface area contributed by atoms with E-state index in [1.807, 2.05) is 5.38 Å². The number of esters is 1. The second kappa shape index (κ2) is 8.48. The lowest BCUT2D eigenvalue weighted by Crippen LogP contribution is -2.33. The van der Waals surface area contributed by atoms with E-state index in [2.05, 4.69) is 15.7 Å². The van der Waals surface area contributed by atoms with Gasteiger partial charge in [0.2, 0.25) is 5.91 Å². The lowest BCUT2D eigenvalue weighted by atomic mass is 10.1. The van der Waals surface area contributed by atoms with E-state index in [1.54, 1.807) is 30.3 Å². The molecule has 0 spiro atoms. The standard InChI is InChI=1S/C17H17N5O5S/c1-26-13-6-5-11(8-12(13)16(24)27-2)9-18-14(23)10-21-17(25)22(20-19-21)15-4-3-7-28-15/h3-8H,9-10H2,1-2H3,(H,18,23). The second-order valence-electron chi connectivity index (χ2n) is 5.59. The zero-order chi connectivity index (χ0) is 20.1. The minimum atomic E-state index is -0.540. The fourth-order valence-electron chi connectivity index (χ4n) is 2.43. The van der Waals surface area contributed by atoms with E-state index >= 15 is 0 Å². The Morgan fingerprint density at radius 2 is 2.04 bits per heavy atom. The number of hydrogen-bond donors (Lipinski definition) is 1. The summed E-state index contributed by atoms with van der Waals surface area (Å²) < 4.78 is 12.0. The number of nitrogens with one attached hydrogen (secondary N) is 1. The summed E-state index contributed by atoms with van der Waals surface area (Å²) >= 11 is 1.34. The molecule has 1 N–H and O–H groups in total. The van der Waals surface area contributed by atoms with E-state index in [9.17, 15) is 14.4 Å². The molecule has 0 saturated heterocycles. The number of hydrogen-bond acceptors (Lipinski definition) is 8. The highest BCUT2D eigenvalue weighted by Crippen LogP contribution is 2.20. The molecule has 11 heteroatoms. The van der Waals surface area contributed by atoms with Gasteiger partial charge in [-0.15, -0.1) is 11.3 Å². The van der Waals surface area contributed by atoms with Gasteiger partial charge in [0.05, 0.1) is 14.2 Å². The van der Waals surface area contributed by atoms with E-state index in [-0.39, 0.29) is 18.7 Å². The number of carbonyl (C=O) groups is 2. The van der Waals surface area contributed by atoms with Crippen molar-refractivity contribution in [2.24, 2.45) is 0 Å². The molecular formula is C17H17N5O5S. The maximum Gasteiger partial charge on any atom is 0.369 e. The van der Waals surface area contributed by atoms with Crippen LogP contribution >= 0.6 is 11.3 Å². The summed E-state index contributed by atoms with van der Waals surface area (Å²) in [7, 11) is 2.72. The Morgan fingerprint density at radius 3 is 2.71 bits per heavy atom. The molecule has 3 aromatic rings. The summed E-state index contributed by atoms with van der Waals surface area (Å²) in [6.07, 6.45) is 0. The first-order valence-corrected chi connectivity index (χ1v) is 9.00. The Kier molecular flexibility index (Phi) is 5.84. The molecule has 2 aromatic heterocycles. The van der Waals surface area contributed by atoms with Crippen LogP contribution in [0.3, 0.4) is 0 Å². The number of benzene rings is 1. The molecule has 0 atom stereocenters. The number of tetrazole rings is 1. The van der Waals surface area contributed by atoms with Crippen molar-refractivity contribution in [1.82, 2.24) is 25.1 Å². The number of thiophene rings is 1. The van der Waals surface area contributed by atoms with Gasteiger partial charge in [-0.3, -0.25) is 4.79 Å². The molecule has 0 radical (unpaired) electrons. The van der Waals surface area contributed by atoms with Gasteiger partial charge < -0.3 is 14.8 Å². The van der Waals surface area contributed by atoms with Crippen molar-refractivity contribution < 1.29 is 19.1 Å². The predicted octanol–water partition coefficient (Wildman–Crippen LogP) is 0.602. The fraction of sp³-hybridized carbons (Fsp3) is 0.235. The van der Waals surface area contributed by atoms with Crippen LogP contribution in [0.1, 0.15) is 15.9 Å². The van der Waals surface area contributed by atoms with Gasteiger partial charge in [-0.25, -0.2) is 9.59 Å². The molecular weight excluding hydrogens is 386 g/mol. The molecule has 1 aromatic carbocycles. The normalized spacial score (nSPS) is 10.5. The SMILES string of the molecule is COC(=O)c1cc(CNC(=O)Cn2nnn(-c3cccs3)c2=O)ccc1OC. The molecule has 1 amide bonds. The van der Waals surface area contributed by atoms with Crippen LogP contribution in [-0.2, 0) is 22.6 Å². The molecule has 28 heavy (non-hydrogen) atoms. The number of nitrogens with zero attached hydrogens (tertiary/aromatic N) is 4. The molecule has 146 valence electrons. The third-order valence-corrected chi connectivity index (χ3v) is 4.65. The Morgan fingerprint density at radius 1 is 1.21 bits per heavy atom. The average Bonchev–Trinajstić information content (AvgIpc) is 3.36. The van der Waals surface area contributed by atoms with Crippen molar-refractivity contribution in [2.75, 3.05) is 14.2 Å². The number of ether oxygens (including phenoxy) is 2. The predicted molar refractivity (Wildman–Crippen MR) is 99.7 cm³/mol. The van der Waals surface area contributed by atoms with Crippen molar-refractivity contribution in [1.29, 1.82) is 0 Å². The summed E-state index contributed by atoms with van der Waals surface area (Å²) in [6.45, 7) is -0.120. The first-order valence-electron chi connectivity index (χ1n) is 8.12. The summed E-state index contributed by atoms with van der Waals surface area (Å²) in [5, 5.41) is 12.6. The third-order valence-electron chi connectivity index (χ3n) is 3.81. The van der Waals surface area contributed by atoms with Gasteiger partial charge in [0, 0.05) is 6.54 Å². The van der Waals surface area contributed by atoms with Crippen LogP contribution in [0, 0.1) is 0 Å². The van der Waals surface area contributed by atoms with E-state index in [0.29, 0.717) is 16.3 Å². The van der Waals surface area contributed by atoms with Crippen molar-refractivity contribution >= 4 is 23.2 Å². The molecule has 0 bridgehead atoms. The average molecular weight is 403 g/mol. The van der Waals surface area contributed by atoms with Gasteiger partial charge >= 0.3 is 11.7 Å². The van der Waals surface area contributed by atoms with E-state index in [0.717, 1.165) is 9.36 Å². The smallest absolute Gasteiger partial charge is 0.369 e. The zero-order valence-corrected chi connectivity index (χ0v) is 15.9. The van der Waals surface area contributed by atoms with Crippen molar-refractivity contribution in [3.63, 3.8) is 0 Å². The number of methoxy groups -OCH3 is 2. The molecule has 3 rings (SSSR count). The van der Waals surface area contributed by atoms with Gasteiger partial charge in [0.25, 0.3) is 0 Å². The largest absolute Gasteiger partial charge is 0.496 e. The summed E-state index contributed by atoms with van der Waals surface area (Å²) in [4.78, 5) is 36.3. The number of aromatic nitrogens is 4. The number of carbonyl (C=O) groups excluding carboxylic acids is 2. The van der Waals surface area contributed by atoms with Crippen LogP contribution < -0.4 is 15.7 Å². The highest BCUT2D eigenvalue weighted by atomic mass is 32.1. The quantitative estimate of drug-likeness (QED) is 0.574. The molecule has 0 saturated carbocycles. The number of amides is 1. The van der Waals surface area contributed by atoms with Crippen LogP contribution in [0.2, 0.25) is 0 Å². The van der Waals surface area contributed by atoms with Gasteiger partial charge in [0.15, 0.2) is 0 Å². The molecule has 0 fully saturated rings. The molecule has 0 aliphatic rings. The van der Waals surface area contributed by atoms with Crippen LogP contribution in [0.4, 0.5) is 0 Å². The molecule has 0 aliphatic carbocycles. The summed E-state index contributed by atoms with van der Waals surface area (Å²) in [5.41, 5.74) is 0.422. The lowest BCUT2D eigenvalue weighted by Gasteiger charge is -2.10. The monoisotopic (exact) mass is 403 g/mol. The van der Waals surface area contributed by atoms with Crippen LogP contribution in [0.5, 0.6) is 5.75 Å². The van der Waals surface area contributed by atoms with E-state index in [4.69, 9.17) is 9.47 Å². The Bertz CT molecular complexity index is 1040. The first kappa shape index (κ1) is 19.3. The minimum absolute atomic E-state index is 0.153. The van der Waals surface area contributed by atoms with Gasteiger partial charge in [-0.2, -0.15) is 9.36 Å². The fourth-order valence-corrected chi connectivity index (χ4v) is 3.10. The zero-order valence-electron chi connectivity index (χ0n) is 15.1. The topological polar surface area (TPSA) is 117 Å². The van der Waals surface area contributed by atoms with Gasteiger partial charge in [0.1, 0.15) is 22.9 Å². The Hall–Kier alpha value is -3.47. The first-order chi connectivity index (χ1) is 13.5. The molecule has 10 nitrogen and oxygen atoms in total. The molecule has 0 aliphatic heterocycles.